The average molecular weight is 450 g/mol. The fourth-order valence-electron chi connectivity index (χ4n) is 5.93. The summed E-state index contributed by atoms with van der Waals surface area (Å²) >= 11 is 3.45. The molecule has 1 aromatic rings. The van der Waals surface area contributed by atoms with Gasteiger partial charge in [-0.1, -0.05) is 22.0 Å². The molecule has 1 amide bonds. The monoisotopic (exact) mass is 449 g/mol. The SMILES string of the molecule is CCNC(=O)[C@H]1CO[C@@]2(C)CC[C@@H]3c4ccc(OCCCBr)cc4CC[C@H]3[C@H]12. The van der Waals surface area contributed by atoms with Crippen molar-refractivity contribution < 1.29 is 14.3 Å². The summed E-state index contributed by atoms with van der Waals surface area (Å²) in [6.07, 6.45) is 5.42. The van der Waals surface area contributed by atoms with Crippen LogP contribution in [0.1, 0.15) is 56.6 Å². The quantitative estimate of drug-likeness (QED) is 0.515. The van der Waals surface area contributed by atoms with Crippen LogP contribution in [0.5, 0.6) is 5.75 Å². The van der Waals surface area contributed by atoms with Gasteiger partial charge in [-0.2, -0.15) is 0 Å². The van der Waals surface area contributed by atoms with Crippen molar-refractivity contribution in [1.29, 1.82) is 0 Å². The van der Waals surface area contributed by atoms with Gasteiger partial charge in [0.25, 0.3) is 0 Å². The number of alkyl halides is 1. The van der Waals surface area contributed by atoms with E-state index in [1.807, 2.05) is 6.92 Å². The number of fused-ring (bicyclic) bond motifs is 5. The molecular formula is C23H32BrNO3. The molecule has 1 N–H and O–H groups in total. The van der Waals surface area contributed by atoms with Crippen molar-refractivity contribution in [2.45, 2.75) is 57.5 Å². The largest absolute Gasteiger partial charge is 0.494 e. The maximum absolute atomic E-state index is 12.7. The first-order valence-corrected chi connectivity index (χ1v) is 11.9. The molecule has 0 bridgehead atoms. The Bertz CT molecular complexity index is 724. The summed E-state index contributed by atoms with van der Waals surface area (Å²) < 4.78 is 12.2. The van der Waals surface area contributed by atoms with Crippen LogP contribution in [-0.4, -0.2) is 36.6 Å². The van der Waals surface area contributed by atoms with Crippen LogP contribution in [-0.2, 0) is 16.0 Å². The molecule has 1 saturated heterocycles. The predicted molar refractivity (Wildman–Crippen MR) is 114 cm³/mol. The Kier molecular flexibility index (Phi) is 6.03. The minimum absolute atomic E-state index is 0.00819. The first-order valence-electron chi connectivity index (χ1n) is 10.8. The maximum Gasteiger partial charge on any atom is 0.225 e. The Morgan fingerprint density at radius 3 is 3.04 bits per heavy atom. The minimum atomic E-state index is -0.146. The van der Waals surface area contributed by atoms with Gasteiger partial charge in [-0.3, -0.25) is 4.79 Å². The summed E-state index contributed by atoms with van der Waals surface area (Å²) in [6.45, 7) is 6.24. The van der Waals surface area contributed by atoms with E-state index in [2.05, 4.69) is 46.4 Å². The molecule has 0 aromatic heterocycles. The van der Waals surface area contributed by atoms with Crippen LogP contribution >= 0.6 is 15.9 Å². The van der Waals surface area contributed by atoms with E-state index in [1.54, 1.807) is 0 Å². The molecule has 5 atom stereocenters. The highest BCUT2D eigenvalue weighted by molar-refractivity contribution is 9.09. The lowest BCUT2D eigenvalue weighted by Crippen LogP contribution is -2.49. The summed E-state index contributed by atoms with van der Waals surface area (Å²) in [7, 11) is 0. The predicted octanol–water partition coefficient (Wildman–Crippen LogP) is 4.45. The number of carbonyl (C=O) groups excluding carboxylic acids is 1. The zero-order chi connectivity index (χ0) is 19.7. The van der Waals surface area contributed by atoms with Gasteiger partial charge in [0.1, 0.15) is 5.75 Å². The highest BCUT2D eigenvalue weighted by atomic mass is 79.9. The molecule has 4 nitrogen and oxygen atoms in total. The standard InChI is InChI=1S/C23H32BrNO3/c1-3-25-22(26)20-14-28-23(2)10-9-18-17-8-6-16(27-12-4-11-24)13-15(17)5-7-19(18)21(20)23/h6,8,13,18-21H,3-5,7,9-12,14H2,1-2H3,(H,25,26)/t18-,19-,20+,21-,23+/m1/s1. The number of rotatable bonds is 6. The van der Waals surface area contributed by atoms with Crippen molar-refractivity contribution in [3.8, 4) is 5.75 Å². The van der Waals surface area contributed by atoms with Crippen molar-refractivity contribution in [2.24, 2.45) is 17.8 Å². The summed E-state index contributed by atoms with van der Waals surface area (Å²) in [5.41, 5.74) is 2.77. The Labute approximate surface area is 176 Å². The van der Waals surface area contributed by atoms with Crippen LogP contribution in [0.4, 0.5) is 0 Å². The van der Waals surface area contributed by atoms with E-state index in [0.29, 0.717) is 30.9 Å². The van der Waals surface area contributed by atoms with Gasteiger partial charge in [0, 0.05) is 17.8 Å². The first-order chi connectivity index (χ1) is 13.6. The van der Waals surface area contributed by atoms with E-state index in [0.717, 1.165) is 49.8 Å². The molecule has 2 fully saturated rings. The zero-order valence-electron chi connectivity index (χ0n) is 17.0. The van der Waals surface area contributed by atoms with Crippen LogP contribution < -0.4 is 10.1 Å². The topological polar surface area (TPSA) is 47.6 Å². The molecule has 1 heterocycles. The molecule has 0 unspecified atom stereocenters. The van der Waals surface area contributed by atoms with Gasteiger partial charge < -0.3 is 14.8 Å². The fourth-order valence-corrected chi connectivity index (χ4v) is 6.16. The molecule has 154 valence electrons. The Morgan fingerprint density at radius 1 is 1.39 bits per heavy atom. The second-order valence-electron chi connectivity index (χ2n) is 8.75. The lowest BCUT2D eigenvalue weighted by atomic mass is 9.56. The van der Waals surface area contributed by atoms with Gasteiger partial charge in [-0.05, 0) is 81.0 Å². The molecule has 5 heteroatoms. The molecule has 4 rings (SSSR count). The van der Waals surface area contributed by atoms with E-state index >= 15 is 0 Å². The number of nitrogens with one attached hydrogen (secondary N) is 1. The first kappa shape index (κ1) is 20.2. The second-order valence-corrected chi connectivity index (χ2v) is 9.54. The Balaban J connectivity index is 1.56. The third kappa shape index (κ3) is 3.60. The van der Waals surface area contributed by atoms with Gasteiger partial charge in [0.2, 0.25) is 5.91 Å². The van der Waals surface area contributed by atoms with Gasteiger partial charge in [0.05, 0.1) is 24.7 Å². The van der Waals surface area contributed by atoms with E-state index in [9.17, 15) is 4.79 Å². The summed E-state index contributed by atoms with van der Waals surface area (Å²) in [5.74, 6) is 2.55. The molecule has 3 aliphatic rings. The highest BCUT2D eigenvalue weighted by Crippen LogP contribution is 2.57. The van der Waals surface area contributed by atoms with Crippen LogP contribution in [0, 0.1) is 17.8 Å². The molecular weight excluding hydrogens is 418 g/mol. The van der Waals surface area contributed by atoms with Crippen LogP contribution in [0.2, 0.25) is 0 Å². The number of halogens is 1. The Hall–Kier alpha value is -1.07. The molecule has 2 aliphatic carbocycles. The third-order valence-corrected chi connectivity index (χ3v) is 7.72. The van der Waals surface area contributed by atoms with Crippen LogP contribution in [0.3, 0.4) is 0 Å². The van der Waals surface area contributed by atoms with Crippen molar-refractivity contribution in [2.75, 3.05) is 25.1 Å². The molecule has 1 aliphatic heterocycles. The number of aryl methyl sites for hydroxylation is 1. The van der Waals surface area contributed by atoms with E-state index in [4.69, 9.17) is 9.47 Å². The van der Waals surface area contributed by atoms with E-state index in [1.165, 1.54) is 11.1 Å². The van der Waals surface area contributed by atoms with Crippen molar-refractivity contribution in [3.63, 3.8) is 0 Å². The van der Waals surface area contributed by atoms with Crippen LogP contribution in [0.15, 0.2) is 18.2 Å². The number of ether oxygens (including phenoxy) is 2. The van der Waals surface area contributed by atoms with Crippen molar-refractivity contribution in [3.05, 3.63) is 29.3 Å². The summed E-state index contributed by atoms with van der Waals surface area (Å²) in [6, 6.07) is 6.67. The average Bonchev–Trinajstić information content (AvgIpc) is 3.06. The lowest BCUT2D eigenvalue weighted by Gasteiger charge is -2.49. The normalized spacial score (nSPS) is 33.5. The number of amides is 1. The molecule has 1 aromatic carbocycles. The second kappa shape index (κ2) is 8.35. The molecule has 0 spiro atoms. The maximum atomic E-state index is 12.7. The molecule has 1 saturated carbocycles. The Morgan fingerprint density at radius 2 is 2.25 bits per heavy atom. The number of hydrogen-bond acceptors (Lipinski definition) is 3. The molecule has 0 radical (unpaired) electrons. The number of carbonyl (C=O) groups is 1. The van der Waals surface area contributed by atoms with Gasteiger partial charge in [0.15, 0.2) is 0 Å². The number of hydrogen-bond donors (Lipinski definition) is 1. The van der Waals surface area contributed by atoms with Crippen molar-refractivity contribution in [1.82, 2.24) is 5.32 Å². The number of benzene rings is 1. The van der Waals surface area contributed by atoms with Gasteiger partial charge >= 0.3 is 0 Å². The fraction of sp³-hybridized carbons (Fsp3) is 0.696. The lowest BCUT2D eigenvalue weighted by molar-refractivity contribution is -0.127. The highest BCUT2D eigenvalue weighted by Gasteiger charge is 2.57. The van der Waals surface area contributed by atoms with E-state index < -0.39 is 0 Å². The summed E-state index contributed by atoms with van der Waals surface area (Å²) in [4.78, 5) is 12.7. The van der Waals surface area contributed by atoms with Crippen molar-refractivity contribution >= 4 is 21.8 Å². The third-order valence-electron chi connectivity index (χ3n) is 7.16. The summed E-state index contributed by atoms with van der Waals surface area (Å²) in [5, 5.41) is 4.01. The minimum Gasteiger partial charge on any atom is -0.494 e. The van der Waals surface area contributed by atoms with Gasteiger partial charge in [-0.15, -0.1) is 0 Å². The van der Waals surface area contributed by atoms with Gasteiger partial charge in [-0.25, -0.2) is 0 Å². The van der Waals surface area contributed by atoms with E-state index in [-0.39, 0.29) is 17.4 Å². The zero-order valence-corrected chi connectivity index (χ0v) is 18.6. The smallest absolute Gasteiger partial charge is 0.225 e. The molecule has 28 heavy (non-hydrogen) atoms. The van der Waals surface area contributed by atoms with Crippen LogP contribution in [0.25, 0.3) is 0 Å².